The molecule has 19 heavy (non-hydrogen) atoms. The molecule has 0 unspecified atom stereocenters. The number of amides is 1. The summed E-state index contributed by atoms with van der Waals surface area (Å²) in [6, 6.07) is 14.3. The minimum atomic E-state index is 0.116. The molecule has 0 spiro atoms. The lowest BCUT2D eigenvalue weighted by atomic mass is 10.0. The highest BCUT2D eigenvalue weighted by Gasteiger charge is 2.32. The van der Waals surface area contributed by atoms with E-state index in [2.05, 4.69) is 0 Å². The van der Waals surface area contributed by atoms with E-state index in [4.69, 9.17) is 5.73 Å². The number of hydrogen-bond acceptors (Lipinski definition) is 2. The summed E-state index contributed by atoms with van der Waals surface area (Å²) in [5.41, 5.74) is 6.42. The quantitative estimate of drug-likeness (QED) is 0.910. The van der Waals surface area contributed by atoms with E-state index in [1.807, 2.05) is 47.4 Å². The Labute approximate surface area is 113 Å². The van der Waals surface area contributed by atoms with E-state index in [0.717, 1.165) is 29.2 Å². The summed E-state index contributed by atoms with van der Waals surface area (Å²) in [5.74, 6) is 0.116. The van der Waals surface area contributed by atoms with Crippen LogP contribution in [-0.2, 0) is 0 Å². The maximum Gasteiger partial charge on any atom is 0.254 e. The molecule has 1 saturated carbocycles. The summed E-state index contributed by atoms with van der Waals surface area (Å²) in [6.07, 6.45) is 2.22. The minimum Gasteiger partial charge on any atom is -0.334 e. The van der Waals surface area contributed by atoms with Gasteiger partial charge in [-0.25, -0.2) is 0 Å². The average molecular weight is 254 g/mol. The monoisotopic (exact) mass is 254 g/mol. The molecule has 3 rings (SSSR count). The maximum atomic E-state index is 12.7. The van der Waals surface area contributed by atoms with Crippen molar-refractivity contribution in [3.63, 3.8) is 0 Å². The normalized spacial score (nSPS) is 14.6. The van der Waals surface area contributed by atoms with E-state index < -0.39 is 0 Å². The highest BCUT2D eigenvalue weighted by Crippen LogP contribution is 2.29. The molecule has 1 aliphatic carbocycles. The van der Waals surface area contributed by atoms with Gasteiger partial charge in [0.05, 0.1) is 0 Å². The molecule has 0 bridgehead atoms. The van der Waals surface area contributed by atoms with Crippen LogP contribution in [0.5, 0.6) is 0 Å². The van der Waals surface area contributed by atoms with Crippen molar-refractivity contribution in [2.24, 2.45) is 5.73 Å². The lowest BCUT2D eigenvalue weighted by Gasteiger charge is -2.22. The molecule has 0 aromatic heterocycles. The van der Waals surface area contributed by atoms with Crippen LogP contribution in [0.2, 0.25) is 0 Å². The van der Waals surface area contributed by atoms with Gasteiger partial charge in [-0.15, -0.1) is 0 Å². The van der Waals surface area contributed by atoms with Gasteiger partial charge in [0.1, 0.15) is 0 Å². The van der Waals surface area contributed by atoms with Gasteiger partial charge in [-0.1, -0.05) is 36.4 Å². The number of hydrogen-bond donors (Lipinski definition) is 1. The Bertz CT molecular complexity index is 599. The fourth-order valence-electron chi connectivity index (χ4n) is 2.54. The van der Waals surface area contributed by atoms with Crippen molar-refractivity contribution in [3.8, 4) is 0 Å². The van der Waals surface area contributed by atoms with E-state index in [-0.39, 0.29) is 5.91 Å². The largest absolute Gasteiger partial charge is 0.334 e. The molecule has 2 N–H and O–H groups in total. The Kier molecular flexibility index (Phi) is 3.22. The molecule has 3 nitrogen and oxygen atoms in total. The van der Waals surface area contributed by atoms with Crippen molar-refractivity contribution in [2.75, 3.05) is 13.1 Å². The highest BCUT2D eigenvalue weighted by molar-refractivity contribution is 6.07. The van der Waals surface area contributed by atoms with Gasteiger partial charge in [-0.05, 0) is 29.7 Å². The van der Waals surface area contributed by atoms with Gasteiger partial charge in [-0.2, -0.15) is 0 Å². The molecular formula is C16H18N2O. The fraction of sp³-hybridized carbons (Fsp3) is 0.312. The summed E-state index contributed by atoms with van der Waals surface area (Å²) in [7, 11) is 0. The summed E-state index contributed by atoms with van der Waals surface area (Å²) >= 11 is 0. The molecule has 98 valence electrons. The molecule has 0 saturated heterocycles. The third-order valence-electron chi connectivity index (χ3n) is 3.64. The van der Waals surface area contributed by atoms with Crippen LogP contribution in [-0.4, -0.2) is 29.9 Å². The number of carbonyl (C=O) groups is 1. The second-order valence-electron chi connectivity index (χ2n) is 5.05. The van der Waals surface area contributed by atoms with Gasteiger partial charge in [0.25, 0.3) is 5.91 Å². The summed E-state index contributed by atoms with van der Waals surface area (Å²) in [5, 5.41) is 2.13. The van der Waals surface area contributed by atoms with Crippen molar-refractivity contribution in [1.82, 2.24) is 4.90 Å². The maximum absolute atomic E-state index is 12.7. The first kappa shape index (κ1) is 12.2. The van der Waals surface area contributed by atoms with E-state index >= 15 is 0 Å². The Morgan fingerprint density at radius 1 is 1.16 bits per heavy atom. The summed E-state index contributed by atoms with van der Waals surface area (Å²) in [6.45, 7) is 1.17. The standard InChI is InChI=1S/C16H18N2O/c17-10-11-18(13-8-9-13)16(19)15-7-3-5-12-4-1-2-6-14(12)15/h1-7,13H,8-11,17H2. The number of rotatable bonds is 4. The van der Waals surface area contributed by atoms with Crippen molar-refractivity contribution in [1.29, 1.82) is 0 Å². The lowest BCUT2D eigenvalue weighted by molar-refractivity contribution is 0.0750. The molecule has 2 aromatic carbocycles. The van der Waals surface area contributed by atoms with Gasteiger partial charge >= 0.3 is 0 Å². The first-order chi connectivity index (χ1) is 9.31. The predicted molar refractivity (Wildman–Crippen MR) is 77.1 cm³/mol. The van der Waals surface area contributed by atoms with Gasteiger partial charge < -0.3 is 10.6 Å². The Hall–Kier alpha value is -1.87. The number of nitrogens with two attached hydrogens (primary N) is 1. The van der Waals surface area contributed by atoms with Crippen LogP contribution in [0.25, 0.3) is 10.8 Å². The number of fused-ring (bicyclic) bond motifs is 1. The van der Waals surface area contributed by atoms with E-state index in [1.165, 1.54) is 0 Å². The topological polar surface area (TPSA) is 46.3 Å². The molecule has 0 radical (unpaired) electrons. The number of benzene rings is 2. The van der Waals surface area contributed by atoms with Crippen molar-refractivity contribution in [3.05, 3.63) is 48.0 Å². The van der Waals surface area contributed by atoms with Gasteiger partial charge in [-0.3, -0.25) is 4.79 Å². The first-order valence-electron chi connectivity index (χ1n) is 6.80. The zero-order valence-corrected chi connectivity index (χ0v) is 10.9. The molecule has 3 heteroatoms. The van der Waals surface area contributed by atoms with Crippen LogP contribution in [0, 0.1) is 0 Å². The molecule has 0 atom stereocenters. The third kappa shape index (κ3) is 2.34. The number of carbonyl (C=O) groups excluding carboxylic acids is 1. The lowest BCUT2D eigenvalue weighted by Crippen LogP contribution is -2.37. The summed E-state index contributed by atoms with van der Waals surface area (Å²) in [4.78, 5) is 14.6. The molecular weight excluding hydrogens is 236 g/mol. The van der Waals surface area contributed by atoms with E-state index in [1.54, 1.807) is 0 Å². The van der Waals surface area contributed by atoms with Crippen LogP contribution in [0.15, 0.2) is 42.5 Å². The van der Waals surface area contributed by atoms with Crippen LogP contribution >= 0.6 is 0 Å². The average Bonchev–Trinajstić information content (AvgIpc) is 3.28. The van der Waals surface area contributed by atoms with Crippen LogP contribution in [0.4, 0.5) is 0 Å². The second-order valence-corrected chi connectivity index (χ2v) is 5.05. The predicted octanol–water partition coefficient (Wildman–Crippen LogP) is 2.40. The highest BCUT2D eigenvalue weighted by atomic mass is 16.2. The molecule has 1 fully saturated rings. The smallest absolute Gasteiger partial charge is 0.254 e. The fourth-order valence-corrected chi connectivity index (χ4v) is 2.54. The van der Waals surface area contributed by atoms with Crippen molar-refractivity contribution < 1.29 is 4.79 Å². The molecule has 1 aliphatic rings. The van der Waals surface area contributed by atoms with Crippen molar-refractivity contribution in [2.45, 2.75) is 18.9 Å². The molecule has 0 heterocycles. The first-order valence-corrected chi connectivity index (χ1v) is 6.80. The molecule has 0 aliphatic heterocycles. The van der Waals surface area contributed by atoms with Gasteiger partial charge in [0.2, 0.25) is 0 Å². The zero-order chi connectivity index (χ0) is 13.2. The zero-order valence-electron chi connectivity index (χ0n) is 10.9. The second kappa shape index (κ2) is 5.02. The van der Waals surface area contributed by atoms with Crippen molar-refractivity contribution >= 4 is 16.7 Å². The van der Waals surface area contributed by atoms with Crippen LogP contribution in [0.1, 0.15) is 23.2 Å². The Morgan fingerprint density at radius 3 is 2.63 bits per heavy atom. The molecule has 1 amide bonds. The van der Waals surface area contributed by atoms with Crippen LogP contribution < -0.4 is 5.73 Å². The summed E-state index contributed by atoms with van der Waals surface area (Å²) < 4.78 is 0. The van der Waals surface area contributed by atoms with Crippen LogP contribution in [0.3, 0.4) is 0 Å². The minimum absolute atomic E-state index is 0.116. The van der Waals surface area contributed by atoms with E-state index in [9.17, 15) is 4.79 Å². The van der Waals surface area contributed by atoms with Gasteiger partial charge in [0.15, 0.2) is 0 Å². The molecule has 2 aromatic rings. The number of nitrogens with zero attached hydrogens (tertiary/aromatic N) is 1. The van der Waals surface area contributed by atoms with E-state index in [0.29, 0.717) is 19.1 Å². The Morgan fingerprint density at radius 2 is 1.89 bits per heavy atom. The SMILES string of the molecule is NCCN(C(=O)c1cccc2ccccc12)C1CC1. The Balaban J connectivity index is 2.00. The third-order valence-corrected chi connectivity index (χ3v) is 3.64. The van der Waals surface area contributed by atoms with Gasteiger partial charge in [0, 0.05) is 24.7 Å².